The maximum atomic E-state index is 12.8. The molecule has 1 amide bonds. The average molecular weight is 565 g/mol. The molecular formula is C21H14BrIN2O2S. The van der Waals surface area contributed by atoms with Crippen molar-refractivity contribution in [2.75, 3.05) is 12.4 Å². The number of nitrogens with one attached hydrogen (secondary N) is 1. The third-order valence-corrected chi connectivity index (χ3v) is 6.53. The second-order valence-electron chi connectivity index (χ2n) is 5.98. The molecule has 4 rings (SSSR count). The molecule has 1 heterocycles. The number of nitrogens with zero attached hydrogens (tertiary/aromatic N) is 1. The highest BCUT2D eigenvalue weighted by Gasteiger charge is 2.15. The number of carbonyl (C=O) groups is 1. The number of hydrogen-bond donors (Lipinski definition) is 1. The van der Waals surface area contributed by atoms with Crippen LogP contribution in [-0.2, 0) is 0 Å². The summed E-state index contributed by atoms with van der Waals surface area (Å²) in [5.74, 6) is 0.493. The Balaban J connectivity index is 1.70. The van der Waals surface area contributed by atoms with E-state index in [1.807, 2.05) is 36.4 Å². The molecule has 4 aromatic rings. The quantitative estimate of drug-likeness (QED) is 0.284. The van der Waals surface area contributed by atoms with Crippen LogP contribution in [0.2, 0.25) is 0 Å². The van der Waals surface area contributed by atoms with Crippen molar-refractivity contribution in [2.45, 2.75) is 0 Å². The minimum Gasteiger partial charge on any atom is -0.496 e. The highest BCUT2D eigenvalue weighted by Crippen LogP contribution is 2.36. The molecular weight excluding hydrogens is 551 g/mol. The highest BCUT2D eigenvalue weighted by molar-refractivity contribution is 14.1. The SMILES string of the molecule is COc1ccc(C(=O)Nc2ccc(I)cc2-c2nc3ccccc3s2)cc1Br. The smallest absolute Gasteiger partial charge is 0.255 e. The number of anilines is 1. The predicted molar refractivity (Wildman–Crippen MR) is 126 cm³/mol. The summed E-state index contributed by atoms with van der Waals surface area (Å²) in [6.07, 6.45) is 0. The summed E-state index contributed by atoms with van der Waals surface area (Å²) in [7, 11) is 1.59. The van der Waals surface area contributed by atoms with E-state index in [0.29, 0.717) is 11.3 Å². The first kappa shape index (κ1) is 19.4. The van der Waals surface area contributed by atoms with Crippen molar-refractivity contribution in [1.29, 1.82) is 0 Å². The molecule has 0 bridgehead atoms. The number of para-hydroxylation sites is 1. The Hall–Kier alpha value is -1.97. The van der Waals surface area contributed by atoms with Crippen molar-refractivity contribution >= 4 is 71.7 Å². The Bertz CT molecular complexity index is 1160. The molecule has 0 fully saturated rings. The molecule has 0 spiro atoms. The summed E-state index contributed by atoms with van der Waals surface area (Å²) >= 11 is 7.31. The zero-order chi connectivity index (χ0) is 19.7. The molecule has 0 saturated heterocycles. The summed E-state index contributed by atoms with van der Waals surface area (Å²) in [6.45, 7) is 0. The molecule has 0 unspecified atom stereocenters. The van der Waals surface area contributed by atoms with E-state index in [9.17, 15) is 4.79 Å². The summed E-state index contributed by atoms with van der Waals surface area (Å²) in [5.41, 5.74) is 3.14. The molecule has 3 aromatic carbocycles. The lowest BCUT2D eigenvalue weighted by Gasteiger charge is -2.11. The molecule has 140 valence electrons. The number of methoxy groups -OCH3 is 1. The van der Waals surface area contributed by atoms with E-state index < -0.39 is 0 Å². The Labute approximate surface area is 188 Å². The van der Waals surface area contributed by atoms with Gasteiger partial charge >= 0.3 is 0 Å². The van der Waals surface area contributed by atoms with Crippen LogP contribution in [0.5, 0.6) is 5.75 Å². The molecule has 0 aliphatic heterocycles. The van der Waals surface area contributed by atoms with Gasteiger partial charge in [0.15, 0.2) is 0 Å². The van der Waals surface area contributed by atoms with Gasteiger partial charge in [-0.1, -0.05) is 12.1 Å². The van der Waals surface area contributed by atoms with E-state index in [2.05, 4.69) is 49.9 Å². The molecule has 0 aliphatic carbocycles. The summed E-state index contributed by atoms with van der Waals surface area (Å²) in [6, 6.07) is 19.2. The van der Waals surface area contributed by atoms with E-state index in [0.717, 1.165) is 34.5 Å². The molecule has 1 aromatic heterocycles. The van der Waals surface area contributed by atoms with Crippen molar-refractivity contribution in [3.05, 3.63) is 74.3 Å². The van der Waals surface area contributed by atoms with Crippen LogP contribution in [0, 0.1) is 3.57 Å². The first-order chi connectivity index (χ1) is 13.5. The maximum Gasteiger partial charge on any atom is 0.255 e. The number of ether oxygens (including phenoxy) is 1. The van der Waals surface area contributed by atoms with Crippen molar-refractivity contribution < 1.29 is 9.53 Å². The highest BCUT2D eigenvalue weighted by atomic mass is 127. The zero-order valence-electron chi connectivity index (χ0n) is 14.7. The summed E-state index contributed by atoms with van der Waals surface area (Å²) in [4.78, 5) is 17.6. The van der Waals surface area contributed by atoms with E-state index in [-0.39, 0.29) is 5.91 Å². The monoisotopic (exact) mass is 564 g/mol. The van der Waals surface area contributed by atoms with Gasteiger partial charge in [-0.15, -0.1) is 11.3 Å². The van der Waals surface area contributed by atoms with Crippen LogP contribution in [0.3, 0.4) is 0 Å². The van der Waals surface area contributed by atoms with Crippen LogP contribution >= 0.6 is 49.9 Å². The van der Waals surface area contributed by atoms with E-state index in [1.165, 1.54) is 0 Å². The summed E-state index contributed by atoms with van der Waals surface area (Å²) < 4.78 is 8.16. The van der Waals surface area contributed by atoms with Crippen LogP contribution in [0.15, 0.2) is 65.1 Å². The molecule has 0 radical (unpaired) electrons. The van der Waals surface area contributed by atoms with E-state index in [4.69, 9.17) is 9.72 Å². The Morgan fingerprint density at radius 2 is 1.96 bits per heavy atom. The van der Waals surface area contributed by atoms with Gasteiger partial charge in [-0.2, -0.15) is 0 Å². The topological polar surface area (TPSA) is 51.2 Å². The fraction of sp³-hybridized carbons (Fsp3) is 0.0476. The number of aromatic nitrogens is 1. The van der Waals surface area contributed by atoms with Gasteiger partial charge in [0.1, 0.15) is 10.8 Å². The van der Waals surface area contributed by atoms with Crippen LogP contribution < -0.4 is 10.1 Å². The molecule has 0 saturated carbocycles. The lowest BCUT2D eigenvalue weighted by Crippen LogP contribution is -2.12. The Kier molecular flexibility index (Phi) is 5.65. The fourth-order valence-electron chi connectivity index (χ4n) is 2.79. The van der Waals surface area contributed by atoms with Crippen LogP contribution in [-0.4, -0.2) is 18.0 Å². The maximum absolute atomic E-state index is 12.8. The molecule has 7 heteroatoms. The van der Waals surface area contributed by atoms with E-state index >= 15 is 0 Å². The number of rotatable bonds is 4. The number of fused-ring (bicyclic) bond motifs is 1. The van der Waals surface area contributed by atoms with Gasteiger partial charge in [-0.3, -0.25) is 4.79 Å². The van der Waals surface area contributed by atoms with Crippen molar-refractivity contribution in [3.63, 3.8) is 0 Å². The normalized spacial score (nSPS) is 10.8. The minimum atomic E-state index is -0.188. The van der Waals surface area contributed by atoms with Gasteiger partial charge in [0.05, 0.1) is 27.5 Å². The number of benzene rings is 3. The first-order valence-electron chi connectivity index (χ1n) is 8.35. The second-order valence-corrected chi connectivity index (χ2v) is 9.11. The Morgan fingerprint density at radius 1 is 1.14 bits per heavy atom. The van der Waals surface area contributed by atoms with Crippen LogP contribution in [0.1, 0.15) is 10.4 Å². The fourth-order valence-corrected chi connectivity index (χ4v) is 4.82. The van der Waals surface area contributed by atoms with Crippen molar-refractivity contribution in [1.82, 2.24) is 4.98 Å². The van der Waals surface area contributed by atoms with Gasteiger partial charge in [-0.05, 0) is 87.1 Å². The second kappa shape index (κ2) is 8.18. The Morgan fingerprint density at radius 3 is 2.71 bits per heavy atom. The molecule has 28 heavy (non-hydrogen) atoms. The average Bonchev–Trinajstić information content (AvgIpc) is 3.13. The predicted octanol–water partition coefficient (Wildman–Crippen LogP) is 6.59. The van der Waals surface area contributed by atoms with Gasteiger partial charge in [0.2, 0.25) is 0 Å². The zero-order valence-corrected chi connectivity index (χ0v) is 19.3. The molecule has 1 N–H and O–H groups in total. The van der Waals surface area contributed by atoms with Gasteiger partial charge in [0, 0.05) is 14.7 Å². The van der Waals surface area contributed by atoms with Crippen molar-refractivity contribution in [3.8, 4) is 16.3 Å². The number of thiazole rings is 1. The first-order valence-corrected chi connectivity index (χ1v) is 11.0. The van der Waals surface area contributed by atoms with Crippen LogP contribution in [0.4, 0.5) is 5.69 Å². The number of hydrogen-bond acceptors (Lipinski definition) is 4. The largest absolute Gasteiger partial charge is 0.496 e. The lowest BCUT2D eigenvalue weighted by atomic mass is 10.1. The summed E-state index contributed by atoms with van der Waals surface area (Å²) in [5, 5.41) is 3.90. The molecule has 0 aliphatic rings. The van der Waals surface area contributed by atoms with E-state index in [1.54, 1.807) is 36.6 Å². The lowest BCUT2D eigenvalue weighted by molar-refractivity contribution is 0.102. The standard InChI is InChI=1S/C21H14BrIN2O2S/c1-27-18-9-6-12(10-15(18)22)20(26)24-16-8-7-13(23)11-14(16)21-25-17-4-2-3-5-19(17)28-21/h2-11H,1H3,(H,24,26). The number of amides is 1. The van der Waals surface area contributed by atoms with Gasteiger partial charge in [-0.25, -0.2) is 4.98 Å². The molecule has 4 nitrogen and oxygen atoms in total. The van der Waals surface area contributed by atoms with Gasteiger partial charge in [0.25, 0.3) is 5.91 Å². The molecule has 0 atom stereocenters. The third-order valence-electron chi connectivity index (χ3n) is 4.17. The van der Waals surface area contributed by atoms with Crippen LogP contribution in [0.25, 0.3) is 20.8 Å². The van der Waals surface area contributed by atoms with Crippen molar-refractivity contribution in [2.24, 2.45) is 0 Å². The minimum absolute atomic E-state index is 0.188. The number of carbonyl (C=O) groups excluding carboxylic acids is 1. The van der Waals surface area contributed by atoms with Gasteiger partial charge < -0.3 is 10.1 Å². The third kappa shape index (κ3) is 3.92. The number of halogens is 2.